The lowest BCUT2D eigenvalue weighted by molar-refractivity contribution is -0.158. The van der Waals surface area contributed by atoms with E-state index in [4.69, 9.17) is 11.6 Å². The zero-order valence-electron chi connectivity index (χ0n) is 12.0. The molecule has 1 aromatic rings. The number of rotatable bonds is 4. The summed E-state index contributed by atoms with van der Waals surface area (Å²) in [5, 5.41) is 12.5. The number of amides is 2. The molecule has 0 aliphatic carbocycles. The molecule has 0 saturated carbocycles. The second kappa shape index (κ2) is 6.65. The van der Waals surface area contributed by atoms with Crippen molar-refractivity contribution in [1.29, 1.82) is 0 Å². The normalized spacial score (nSPS) is 18.3. The van der Waals surface area contributed by atoms with E-state index < -0.39 is 17.9 Å². The summed E-state index contributed by atoms with van der Waals surface area (Å²) in [4.78, 5) is 37.6. The van der Waals surface area contributed by atoms with Crippen molar-refractivity contribution in [2.75, 3.05) is 32.0 Å². The number of hydrogen-bond acceptors (Lipinski definition) is 4. The number of carbonyl (C=O) groups is 3. The van der Waals surface area contributed by atoms with Crippen molar-refractivity contribution in [1.82, 2.24) is 9.80 Å². The molecule has 1 unspecified atom stereocenters. The number of carboxylic acids is 1. The lowest BCUT2D eigenvalue weighted by Gasteiger charge is -2.37. The fourth-order valence-corrected chi connectivity index (χ4v) is 2.39. The summed E-state index contributed by atoms with van der Waals surface area (Å²) in [6.45, 7) is -0.396. The molecule has 118 valence electrons. The number of anilines is 1. The monoisotopic (exact) mass is 325 g/mol. The Morgan fingerprint density at radius 3 is 2.73 bits per heavy atom. The summed E-state index contributed by atoms with van der Waals surface area (Å²) >= 11 is 5.97. The molecule has 0 bridgehead atoms. The Morgan fingerprint density at radius 2 is 2.09 bits per heavy atom. The first-order valence-corrected chi connectivity index (χ1v) is 7.02. The summed E-state index contributed by atoms with van der Waals surface area (Å²) in [7, 11) is 1.52. The van der Waals surface area contributed by atoms with Gasteiger partial charge in [0.05, 0.1) is 23.8 Å². The molecular formula is C14H16ClN3O4. The first-order chi connectivity index (χ1) is 10.4. The number of carboxylic acid groups (broad SMARTS) is 1. The molecule has 0 aromatic heterocycles. The van der Waals surface area contributed by atoms with Crippen LogP contribution in [0.2, 0.25) is 5.02 Å². The van der Waals surface area contributed by atoms with Crippen LogP contribution in [0, 0.1) is 0 Å². The first-order valence-electron chi connectivity index (χ1n) is 6.64. The first kappa shape index (κ1) is 16.1. The molecule has 22 heavy (non-hydrogen) atoms. The lowest BCUT2D eigenvalue weighted by Crippen LogP contribution is -2.60. The number of likely N-dealkylation sites (N-methyl/N-ethyl adjacent to an activating group) is 1. The van der Waals surface area contributed by atoms with Crippen molar-refractivity contribution in [3.8, 4) is 0 Å². The second-order valence-corrected chi connectivity index (χ2v) is 5.39. The third-order valence-electron chi connectivity index (χ3n) is 3.46. The maximum absolute atomic E-state index is 12.2. The number of nitrogens with one attached hydrogen (secondary N) is 1. The van der Waals surface area contributed by atoms with Crippen molar-refractivity contribution in [3.63, 3.8) is 0 Å². The molecule has 1 saturated heterocycles. The van der Waals surface area contributed by atoms with Crippen molar-refractivity contribution in [3.05, 3.63) is 29.3 Å². The standard InChI is InChI=1S/C14H16ClN3O4/c1-17-7-11(14(21)22)18(8-13(17)20)12(19)6-16-10-5-3-2-4-9(10)15/h2-5,11,16H,6-8H2,1H3,(H,21,22). The van der Waals surface area contributed by atoms with Crippen LogP contribution >= 0.6 is 11.6 Å². The van der Waals surface area contributed by atoms with Crippen LogP contribution in [0.15, 0.2) is 24.3 Å². The Labute approximate surface area is 132 Å². The van der Waals surface area contributed by atoms with Gasteiger partial charge in [0.15, 0.2) is 0 Å². The van der Waals surface area contributed by atoms with E-state index in [1.165, 1.54) is 11.9 Å². The van der Waals surface area contributed by atoms with E-state index in [-0.39, 0.29) is 25.5 Å². The van der Waals surface area contributed by atoms with Gasteiger partial charge in [0, 0.05) is 7.05 Å². The van der Waals surface area contributed by atoms with Gasteiger partial charge in [-0.2, -0.15) is 0 Å². The van der Waals surface area contributed by atoms with Crippen LogP contribution in [0.5, 0.6) is 0 Å². The van der Waals surface area contributed by atoms with Gasteiger partial charge in [-0.3, -0.25) is 9.59 Å². The van der Waals surface area contributed by atoms with Gasteiger partial charge in [-0.1, -0.05) is 23.7 Å². The van der Waals surface area contributed by atoms with E-state index in [0.717, 1.165) is 4.90 Å². The molecule has 0 radical (unpaired) electrons. The van der Waals surface area contributed by atoms with Gasteiger partial charge in [-0.05, 0) is 12.1 Å². The maximum atomic E-state index is 12.2. The smallest absolute Gasteiger partial charge is 0.328 e. The number of hydrogen-bond donors (Lipinski definition) is 2. The maximum Gasteiger partial charge on any atom is 0.328 e. The fourth-order valence-electron chi connectivity index (χ4n) is 2.19. The van der Waals surface area contributed by atoms with Gasteiger partial charge in [-0.25, -0.2) is 4.79 Å². The molecule has 2 rings (SSSR count). The number of halogens is 1. The molecule has 2 amide bonds. The number of carbonyl (C=O) groups excluding carboxylic acids is 2. The van der Waals surface area contributed by atoms with Gasteiger partial charge >= 0.3 is 5.97 Å². The number of piperazine rings is 1. The molecule has 8 heteroatoms. The minimum Gasteiger partial charge on any atom is -0.480 e. The zero-order valence-corrected chi connectivity index (χ0v) is 12.7. The van der Waals surface area contributed by atoms with Gasteiger partial charge in [-0.15, -0.1) is 0 Å². The van der Waals surface area contributed by atoms with E-state index >= 15 is 0 Å². The summed E-state index contributed by atoms with van der Waals surface area (Å²) < 4.78 is 0. The minimum absolute atomic E-state index is 0.0218. The van der Waals surface area contributed by atoms with Crippen LogP contribution in [-0.2, 0) is 14.4 Å². The van der Waals surface area contributed by atoms with Crippen molar-refractivity contribution in [2.24, 2.45) is 0 Å². The third kappa shape index (κ3) is 3.48. The summed E-state index contributed by atoms with van der Waals surface area (Å²) in [6, 6.07) is 5.86. The van der Waals surface area contributed by atoms with Crippen molar-refractivity contribution >= 4 is 35.1 Å². The number of para-hydroxylation sites is 1. The molecule has 0 spiro atoms. The summed E-state index contributed by atoms with van der Waals surface area (Å²) in [5.74, 6) is -1.89. The summed E-state index contributed by atoms with van der Waals surface area (Å²) in [5.41, 5.74) is 0.574. The van der Waals surface area contributed by atoms with Crippen LogP contribution in [0.1, 0.15) is 0 Å². The number of aliphatic carboxylic acids is 1. The minimum atomic E-state index is -1.13. The Kier molecular flexibility index (Phi) is 4.87. The molecule has 1 atom stereocenters. The molecule has 1 heterocycles. The van der Waals surface area contributed by atoms with Crippen LogP contribution in [0.25, 0.3) is 0 Å². The molecule has 1 fully saturated rings. The molecule has 2 N–H and O–H groups in total. The van der Waals surface area contributed by atoms with E-state index in [2.05, 4.69) is 5.32 Å². The summed E-state index contributed by atoms with van der Waals surface area (Å²) in [6.07, 6.45) is 0. The highest BCUT2D eigenvalue weighted by atomic mass is 35.5. The van der Waals surface area contributed by atoms with E-state index in [1.54, 1.807) is 24.3 Å². The van der Waals surface area contributed by atoms with Gasteiger partial charge in [0.2, 0.25) is 11.8 Å². The van der Waals surface area contributed by atoms with Crippen molar-refractivity contribution < 1.29 is 19.5 Å². The van der Waals surface area contributed by atoms with Crippen LogP contribution < -0.4 is 5.32 Å². The topological polar surface area (TPSA) is 90.0 Å². The molecule has 1 aliphatic rings. The zero-order chi connectivity index (χ0) is 16.3. The van der Waals surface area contributed by atoms with Crippen molar-refractivity contribution in [2.45, 2.75) is 6.04 Å². The third-order valence-corrected chi connectivity index (χ3v) is 3.79. The highest BCUT2D eigenvalue weighted by Crippen LogP contribution is 2.20. The fraction of sp³-hybridized carbons (Fsp3) is 0.357. The number of benzene rings is 1. The Morgan fingerprint density at radius 1 is 1.41 bits per heavy atom. The van der Waals surface area contributed by atoms with E-state index in [1.807, 2.05) is 0 Å². The van der Waals surface area contributed by atoms with Crippen LogP contribution in [0.3, 0.4) is 0 Å². The van der Waals surface area contributed by atoms with Gasteiger partial charge < -0.3 is 20.2 Å². The molecular weight excluding hydrogens is 310 g/mol. The SMILES string of the molecule is CN1CC(C(=O)O)N(C(=O)CNc2ccccc2Cl)CC1=O. The molecule has 7 nitrogen and oxygen atoms in total. The largest absolute Gasteiger partial charge is 0.480 e. The Bertz CT molecular complexity index is 608. The van der Waals surface area contributed by atoms with Gasteiger partial charge in [0.25, 0.3) is 0 Å². The Hall–Kier alpha value is -2.28. The molecule has 1 aromatic carbocycles. The molecule has 1 aliphatic heterocycles. The predicted octanol–water partition coefficient (Wildman–Crippen LogP) is 0.506. The average Bonchev–Trinajstić information content (AvgIpc) is 2.48. The number of nitrogens with zero attached hydrogens (tertiary/aromatic N) is 2. The second-order valence-electron chi connectivity index (χ2n) is 4.98. The predicted molar refractivity (Wildman–Crippen MR) is 80.7 cm³/mol. The average molecular weight is 326 g/mol. The highest BCUT2D eigenvalue weighted by Gasteiger charge is 2.37. The van der Waals surface area contributed by atoms with Gasteiger partial charge in [0.1, 0.15) is 12.6 Å². The van der Waals surface area contributed by atoms with E-state index in [0.29, 0.717) is 10.7 Å². The quantitative estimate of drug-likeness (QED) is 0.841. The lowest BCUT2D eigenvalue weighted by atomic mass is 10.1. The Balaban J connectivity index is 2.05. The van der Waals surface area contributed by atoms with Crippen LogP contribution in [0.4, 0.5) is 5.69 Å². The highest BCUT2D eigenvalue weighted by molar-refractivity contribution is 6.33. The van der Waals surface area contributed by atoms with Crippen LogP contribution in [-0.4, -0.2) is 65.4 Å². The van der Waals surface area contributed by atoms with E-state index in [9.17, 15) is 19.5 Å².